The van der Waals surface area contributed by atoms with Crippen LogP contribution < -0.4 is 0 Å². The average molecular weight is 351 g/mol. The van der Waals surface area contributed by atoms with Gasteiger partial charge in [0, 0.05) is 12.8 Å². The second kappa shape index (κ2) is 6.21. The van der Waals surface area contributed by atoms with Crippen LogP contribution in [0.25, 0.3) is 0 Å². The Morgan fingerprint density at radius 3 is 1.28 bits per heavy atom. The highest BCUT2D eigenvalue weighted by molar-refractivity contribution is 4.96. The van der Waals surface area contributed by atoms with Gasteiger partial charge >= 0.3 is 0 Å². The third kappa shape index (κ3) is 3.94. The van der Waals surface area contributed by atoms with Crippen molar-refractivity contribution in [3.8, 4) is 0 Å². The molecule has 0 aromatic rings. The summed E-state index contributed by atoms with van der Waals surface area (Å²) in [5.74, 6) is 0. The Kier molecular flexibility index (Phi) is 4.53. The van der Waals surface area contributed by atoms with Crippen LogP contribution in [0.5, 0.6) is 0 Å². The predicted molar refractivity (Wildman–Crippen MR) is 99.3 cm³/mol. The largest absolute Gasteiger partial charge is 0.346 e. The third-order valence-electron chi connectivity index (χ3n) is 7.77. The number of hydrogen-bond acceptors (Lipinski definition) is 3. The fourth-order valence-electron chi connectivity index (χ4n) is 5.42. The van der Waals surface area contributed by atoms with Crippen LogP contribution in [0, 0.1) is 10.8 Å². The maximum absolute atomic E-state index is 6.45. The standard InChI is InChI=1S/C22H38O3/c1-19(2)9-13-21(14-10-19)7-5-17(24-21)23-18-6-8-22(25-18)15-11-20(3,4)12-16-22/h17-18H,5-16H2,1-4H3. The van der Waals surface area contributed by atoms with E-state index >= 15 is 0 Å². The van der Waals surface area contributed by atoms with E-state index in [0.717, 1.165) is 12.8 Å². The van der Waals surface area contributed by atoms with Gasteiger partial charge in [-0.05, 0) is 75.0 Å². The van der Waals surface area contributed by atoms with E-state index in [1.807, 2.05) is 0 Å². The lowest BCUT2D eigenvalue weighted by atomic mass is 9.70. The molecule has 0 aromatic carbocycles. The van der Waals surface area contributed by atoms with Gasteiger partial charge in [-0.25, -0.2) is 0 Å². The van der Waals surface area contributed by atoms with Crippen LogP contribution in [-0.2, 0) is 14.2 Å². The fourth-order valence-corrected chi connectivity index (χ4v) is 5.42. The summed E-state index contributed by atoms with van der Waals surface area (Å²) in [5, 5.41) is 0. The smallest absolute Gasteiger partial charge is 0.161 e. The van der Waals surface area contributed by atoms with Crippen molar-refractivity contribution in [2.75, 3.05) is 0 Å². The second-order valence-corrected chi connectivity index (χ2v) is 11.0. The summed E-state index contributed by atoms with van der Waals surface area (Å²) in [7, 11) is 0. The molecule has 4 fully saturated rings. The zero-order valence-corrected chi connectivity index (χ0v) is 16.9. The maximum Gasteiger partial charge on any atom is 0.161 e. The van der Waals surface area contributed by atoms with Gasteiger partial charge in [0.05, 0.1) is 11.2 Å². The molecule has 2 saturated heterocycles. The van der Waals surface area contributed by atoms with E-state index in [1.54, 1.807) is 0 Å². The summed E-state index contributed by atoms with van der Waals surface area (Å²) in [4.78, 5) is 0. The summed E-state index contributed by atoms with van der Waals surface area (Å²) in [6, 6.07) is 0. The van der Waals surface area contributed by atoms with Crippen LogP contribution in [0.3, 0.4) is 0 Å². The highest BCUT2D eigenvalue weighted by Gasteiger charge is 2.48. The minimum atomic E-state index is -0.0404. The van der Waals surface area contributed by atoms with Gasteiger partial charge in [-0.1, -0.05) is 27.7 Å². The van der Waals surface area contributed by atoms with Gasteiger partial charge in [-0.3, -0.25) is 0 Å². The maximum atomic E-state index is 6.45. The van der Waals surface area contributed by atoms with Crippen LogP contribution in [0.4, 0.5) is 0 Å². The Morgan fingerprint density at radius 1 is 0.560 bits per heavy atom. The number of hydrogen-bond donors (Lipinski definition) is 0. The summed E-state index contributed by atoms with van der Waals surface area (Å²) >= 11 is 0. The van der Waals surface area contributed by atoms with E-state index in [4.69, 9.17) is 14.2 Å². The molecule has 2 aliphatic carbocycles. The molecule has 2 saturated carbocycles. The SMILES string of the molecule is CC1(C)CCC2(CCC(OC3CCC4(CCC(C)(C)CC4)O3)O2)CC1. The van der Waals surface area contributed by atoms with Gasteiger partial charge in [0.2, 0.25) is 0 Å². The molecule has 2 unspecified atom stereocenters. The van der Waals surface area contributed by atoms with Crippen LogP contribution in [0.2, 0.25) is 0 Å². The molecule has 25 heavy (non-hydrogen) atoms. The first-order chi connectivity index (χ1) is 11.7. The molecule has 0 radical (unpaired) electrons. The van der Waals surface area contributed by atoms with Gasteiger partial charge in [-0.2, -0.15) is 0 Å². The minimum Gasteiger partial charge on any atom is -0.346 e. The predicted octanol–water partition coefficient (Wildman–Crippen LogP) is 5.95. The summed E-state index contributed by atoms with van der Waals surface area (Å²) < 4.78 is 19.2. The molecule has 4 rings (SSSR count). The van der Waals surface area contributed by atoms with Crippen molar-refractivity contribution in [3.63, 3.8) is 0 Å². The van der Waals surface area contributed by atoms with Crippen LogP contribution in [-0.4, -0.2) is 23.8 Å². The molecule has 2 heterocycles. The van der Waals surface area contributed by atoms with Crippen LogP contribution in [0.15, 0.2) is 0 Å². The molecular formula is C22H38O3. The highest BCUT2D eigenvalue weighted by Crippen LogP contribution is 2.50. The Balaban J connectivity index is 1.27. The lowest BCUT2D eigenvalue weighted by molar-refractivity contribution is -0.267. The third-order valence-corrected chi connectivity index (χ3v) is 7.77. The van der Waals surface area contributed by atoms with Crippen molar-refractivity contribution < 1.29 is 14.2 Å². The Morgan fingerprint density at radius 2 is 0.920 bits per heavy atom. The Bertz CT molecular complexity index is 432. The summed E-state index contributed by atoms with van der Waals surface area (Å²) in [6.45, 7) is 9.56. The van der Waals surface area contributed by atoms with E-state index in [-0.39, 0.29) is 23.8 Å². The Hall–Kier alpha value is -0.120. The second-order valence-electron chi connectivity index (χ2n) is 11.0. The van der Waals surface area contributed by atoms with Gasteiger partial charge < -0.3 is 14.2 Å². The first-order valence-corrected chi connectivity index (χ1v) is 10.7. The van der Waals surface area contributed by atoms with E-state index in [1.165, 1.54) is 64.2 Å². The van der Waals surface area contributed by atoms with Crippen molar-refractivity contribution in [2.45, 2.75) is 129 Å². The number of ether oxygens (including phenoxy) is 3. The van der Waals surface area contributed by atoms with Crippen molar-refractivity contribution in [3.05, 3.63) is 0 Å². The molecule has 0 N–H and O–H groups in total. The number of rotatable bonds is 2. The van der Waals surface area contributed by atoms with Crippen molar-refractivity contribution in [1.82, 2.24) is 0 Å². The molecular weight excluding hydrogens is 312 g/mol. The Labute approximate surface area is 154 Å². The van der Waals surface area contributed by atoms with Gasteiger partial charge in [-0.15, -0.1) is 0 Å². The highest BCUT2D eigenvalue weighted by atomic mass is 16.8. The van der Waals surface area contributed by atoms with E-state index in [9.17, 15) is 0 Å². The molecule has 3 nitrogen and oxygen atoms in total. The van der Waals surface area contributed by atoms with Crippen LogP contribution >= 0.6 is 0 Å². The summed E-state index contributed by atoms with van der Waals surface area (Å²) in [6.07, 6.45) is 14.2. The molecule has 144 valence electrons. The van der Waals surface area contributed by atoms with Crippen molar-refractivity contribution in [2.24, 2.45) is 10.8 Å². The topological polar surface area (TPSA) is 27.7 Å². The quantitative estimate of drug-likeness (QED) is 0.615. The summed E-state index contributed by atoms with van der Waals surface area (Å²) in [5.41, 5.74) is 1.18. The average Bonchev–Trinajstić information content (AvgIpc) is 3.13. The normalized spacial score (nSPS) is 38.4. The van der Waals surface area contributed by atoms with Gasteiger partial charge in [0.15, 0.2) is 12.6 Å². The molecule has 2 spiro atoms. The monoisotopic (exact) mass is 350 g/mol. The molecule has 3 heteroatoms. The van der Waals surface area contributed by atoms with Gasteiger partial charge in [0.25, 0.3) is 0 Å². The van der Waals surface area contributed by atoms with Crippen molar-refractivity contribution >= 4 is 0 Å². The van der Waals surface area contributed by atoms with E-state index in [0.29, 0.717) is 10.8 Å². The lowest BCUT2D eigenvalue weighted by Gasteiger charge is -2.41. The molecule has 0 bridgehead atoms. The molecule has 0 aromatic heterocycles. The van der Waals surface area contributed by atoms with E-state index < -0.39 is 0 Å². The molecule has 0 amide bonds. The van der Waals surface area contributed by atoms with E-state index in [2.05, 4.69) is 27.7 Å². The first kappa shape index (κ1) is 18.3. The zero-order chi connectivity index (χ0) is 17.8. The van der Waals surface area contributed by atoms with Gasteiger partial charge in [0.1, 0.15) is 0 Å². The minimum absolute atomic E-state index is 0.0404. The molecule has 4 aliphatic rings. The molecule has 2 aliphatic heterocycles. The first-order valence-electron chi connectivity index (χ1n) is 10.7. The zero-order valence-electron chi connectivity index (χ0n) is 16.9. The fraction of sp³-hybridized carbons (Fsp3) is 1.00. The molecule has 2 atom stereocenters. The van der Waals surface area contributed by atoms with Crippen molar-refractivity contribution in [1.29, 1.82) is 0 Å². The lowest BCUT2D eigenvalue weighted by Crippen LogP contribution is -2.39. The van der Waals surface area contributed by atoms with Crippen LogP contribution in [0.1, 0.15) is 105 Å².